The van der Waals surface area contributed by atoms with Gasteiger partial charge in [0.1, 0.15) is 92.3 Å². The molecule has 5 atom stereocenters. The van der Waals surface area contributed by atoms with Crippen LogP contribution in [0, 0.1) is 5.92 Å². The quantitative estimate of drug-likeness (QED) is 0.0685. The van der Waals surface area contributed by atoms with Gasteiger partial charge in [-0.05, 0) is 126 Å². The standard InChI is InChI=1S/C16H18.C10H14.5C9H10O2.C4H10.C3H8.5C2H6/c1-3-13-5-9-15(10-6-13)16-11-7-14(4-2)8-12-16;1-3-9-5-7-10(4-2)8-6-9;5*1-2-4-8(5-3-1)10-6-9-7-11-9;1-4(2)3;1-3-2;5*1-2/h5-12H,3-4H2,1-2H3;5-8H,3-4H2,1-2H3;5*1-5,9H,6-7H2;4H,1-3H3;3H2,1-2H3;5*1-2H3. The number of ether oxygens (including phenoxy) is 10. The minimum atomic E-state index is 0.343. The fourth-order valence-electron chi connectivity index (χ4n) is 7.23. The van der Waals surface area contributed by atoms with Gasteiger partial charge in [-0.15, -0.1) is 0 Å². The molecule has 5 saturated heterocycles. The van der Waals surface area contributed by atoms with Gasteiger partial charge in [0.25, 0.3) is 0 Å². The summed E-state index contributed by atoms with van der Waals surface area (Å²) in [6.45, 7) is 47.2. The fourth-order valence-corrected chi connectivity index (χ4v) is 7.23. The molecule has 0 aliphatic carbocycles. The first-order valence-electron chi connectivity index (χ1n) is 36.8. The summed E-state index contributed by atoms with van der Waals surface area (Å²) in [6.07, 6.45) is 7.46. The lowest BCUT2D eigenvalue weighted by Crippen LogP contribution is -2.03. The lowest BCUT2D eigenvalue weighted by Gasteiger charge is -2.04. The minimum absolute atomic E-state index is 0.343. The van der Waals surface area contributed by atoms with E-state index in [-0.39, 0.29) is 0 Å². The summed E-state index contributed by atoms with van der Waals surface area (Å²) in [5.41, 5.74) is 8.26. The van der Waals surface area contributed by atoms with E-state index in [1.807, 2.05) is 221 Å². The number of aryl methyl sites for hydroxylation is 4. The molecule has 5 aliphatic rings. The van der Waals surface area contributed by atoms with E-state index in [2.05, 4.69) is 135 Å². The van der Waals surface area contributed by atoms with Crippen LogP contribution in [-0.4, -0.2) is 96.6 Å². The molecule has 0 spiro atoms. The number of hydrogen-bond donors (Lipinski definition) is 0. The van der Waals surface area contributed by atoms with Crippen LogP contribution < -0.4 is 23.7 Å². The first-order valence-corrected chi connectivity index (χ1v) is 36.8. The largest absolute Gasteiger partial charge is 0.491 e. The van der Waals surface area contributed by atoms with Gasteiger partial charge in [-0.1, -0.05) is 302 Å². The molecule has 5 aliphatic heterocycles. The highest BCUT2D eigenvalue weighted by Gasteiger charge is 2.25. The number of rotatable bonds is 20. The molecular formula is C88H130O10. The Hall–Kier alpha value is -7.44. The predicted molar refractivity (Wildman–Crippen MR) is 417 cm³/mol. The summed E-state index contributed by atoms with van der Waals surface area (Å²) in [4.78, 5) is 0. The summed E-state index contributed by atoms with van der Waals surface area (Å²) < 4.78 is 52.1. The predicted octanol–water partition coefficient (Wildman–Crippen LogP) is 22.8. The van der Waals surface area contributed by atoms with Crippen LogP contribution in [0.15, 0.2) is 224 Å². The maximum Gasteiger partial charge on any atom is 0.119 e. The first kappa shape index (κ1) is 90.6. The molecule has 0 radical (unpaired) electrons. The smallest absolute Gasteiger partial charge is 0.119 e. The average molecular weight is 1350 g/mol. The number of hydrogen-bond acceptors (Lipinski definition) is 10. The van der Waals surface area contributed by atoms with Crippen LogP contribution in [0.3, 0.4) is 0 Å². The van der Waals surface area contributed by atoms with Gasteiger partial charge < -0.3 is 47.4 Å². The highest BCUT2D eigenvalue weighted by molar-refractivity contribution is 5.64. The molecule has 5 heterocycles. The van der Waals surface area contributed by atoms with Crippen molar-refractivity contribution in [2.24, 2.45) is 5.92 Å². The molecule has 5 unspecified atom stereocenters. The van der Waals surface area contributed by atoms with Gasteiger partial charge in [0, 0.05) is 0 Å². The summed E-state index contributed by atoms with van der Waals surface area (Å²) in [6, 6.07) is 75.5. The molecule has 8 aromatic rings. The van der Waals surface area contributed by atoms with Crippen molar-refractivity contribution in [2.45, 2.75) is 194 Å². The Labute approximate surface area is 597 Å². The monoisotopic (exact) mass is 1350 g/mol. The molecule has 13 rings (SSSR count). The second-order valence-electron chi connectivity index (χ2n) is 22.0. The van der Waals surface area contributed by atoms with Crippen molar-refractivity contribution in [3.05, 3.63) is 247 Å². The van der Waals surface area contributed by atoms with Crippen LogP contribution in [0.5, 0.6) is 28.7 Å². The number of epoxide rings is 5. The fraction of sp³-hybridized carbons (Fsp3) is 0.455. The van der Waals surface area contributed by atoms with E-state index >= 15 is 0 Å². The van der Waals surface area contributed by atoms with Crippen LogP contribution in [0.25, 0.3) is 11.1 Å². The van der Waals surface area contributed by atoms with Crippen LogP contribution in [0.4, 0.5) is 0 Å². The number of para-hydroxylation sites is 5. The summed E-state index contributed by atoms with van der Waals surface area (Å²) in [7, 11) is 0. The molecule has 98 heavy (non-hydrogen) atoms. The maximum absolute atomic E-state index is 5.40. The normalized spacial score (nSPS) is 15.5. The molecule has 8 aromatic carbocycles. The zero-order chi connectivity index (χ0) is 72.7. The van der Waals surface area contributed by atoms with Gasteiger partial charge in [-0.3, -0.25) is 0 Å². The Balaban J connectivity index is 0.00000108. The third-order valence-corrected chi connectivity index (χ3v) is 12.8. The second kappa shape index (κ2) is 63.0. The molecule has 0 saturated carbocycles. The molecule has 10 heteroatoms. The number of benzene rings is 8. The van der Waals surface area contributed by atoms with E-state index in [4.69, 9.17) is 47.4 Å². The van der Waals surface area contributed by atoms with Gasteiger partial charge in [0.15, 0.2) is 0 Å². The van der Waals surface area contributed by atoms with Crippen molar-refractivity contribution in [2.75, 3.05) is 66.1 Å². The minimum Gasteiger partial charge on any atom is -0.491 e. The Kier molecular flexibility index (Phi) is 58.3. The van der Waals surface area contributed by atoms with E-state index in [0.29, 0.717) is 63.6 Å². The third kappa shape index (κ3) is 51.7. The SMILES string of the molecule is CC.CC.CC.CC.CC.CC(C)C.CCC.CCc1ccc(-c2ccc(CC)cc2)cc1.CCc1ccc(CC)cc1.c1ccc(OCC2CO2)cc1.c1ccc(OCC2CO2)cc1.c1ccc(OCC2CO2)cc1.c1ccc(OCC2CO2)cc1.c1ccc(OCC2CO2)cc1. The van der Waals surface area contributed by atoms with Crippen molar-refractivity contribution >= 4 is 0 Å². The summed E-state index contributed by atoms with van der Waals surface area (Å²) in [5.74, 6) is 5.43. The Morgan fingerprint density at radius 2 is 0.388 bits per heavy atom. The van der Waals surface area contributed by atoms with Crippen molar-refractivity contribution < 1.29 is 47.4 Å². The van der Waals surface area contributed by atoms with Crippen LogP contribution >= 0.6 is 0 Å². The summed E-state index contributed by atoms with van der Waals surface area (Å²) >= 11 is 0. The van der Waals surface area contributed by atoms with Crippen molar-refractivity contribution in [3.63, 3.8) is 0 Å². The third-order valence-electron chi connectivity index (χ3n) is 12.8. The lowest BCUT2D eigenvalue weighted by molar-refractivity contribution is 0.263. The molecule has 542 valence electrons. The van der Waals surface area contributed by atoms with Gasteiger partial charge in [-0.2, -0.15) is 0 Å². The van der Waals surface area contributed by atoms with Crippen LogP contribution in [-0.2, 0) is 49.4 Å². The van der Waals surface area contributed by atoms with Gasteiger partial charge >= 0.3 is 0 Å². The van der Waals surface area contributed by atoms with Gasteiger partial charge in [-0.25, -0.2) is 0 Å². The molecule has 0 bridgehead atoms. The topological polar surface area (TPSA) is 109 Å². The lowest BCUT2D eigenvalue weighted by atomic mass is 10.0. The Morgan fingerprint density at radius 1 is 0.255 bits per heavy atom. The van der Waals surface area contributed by atoms with Gasteiger partial charge in [0.05, 0.1) is 33.0 Å². The second-order valence-corrected chi connectivity index (χ2v) is 22.0. The van der Waals surface area contributed by atoms with Crippen molar-refractivity contribution in [1.82, 2.24) is 0 Å². The molecular weight excluding hydrogens is 1220 g/mol. The Morgan fingerprint density at radius 3 is 0.510 bits per heavy atom. The Bertz CT molecular complexity index is 2510. The molecule has 0 aromatic heterocycles. The van der Waals surface area contributed by atoms with Gasteiger partial charge in [0.2, 0.25) is 0 Å². The highest BCUT2D eigenvalue weighted by Crippen LogP contribution is 2.22. The van der Waals surface area contributed by atoms with Crippen LogP contribution in [0.2, 0.25) is 0 Å². The first-order chi connectivity index (χ1) is 48.1. The molecule has 0 amide bonds. The van der Waals surface area contributed by atoms with E-state index in [0.717, 1.165) is 93.4 Å². The van der Waals surface area contributed by atoms with Crippen molar-refractivity contribution in [3.8, 4) is 39.9 Å². The van der Waals surface area contributed by atoms with E-state index in [1.165, 1.54) is 39.8 Å². The molecule has 0 N–H and O–H groups in total. The van der Waals surface area contributed by atoms with E-state index < -0.39 is 0 Å². The van der Waals surface area contributed by atoms with E-state index in [9.17, 15) is 0 Å². The highest BCUT2D eigenvalue weighted by atomic mass is 16.6. The molecule has 5 fully saturated rings. The maximum atomic E-state index is 5.40. The van der Waals surface area contributed by atoms with Crippen LogP contribution in [0.1, 0.15) is 160 Å². The van der Waals surface area contributed by atoms with Crippen molar-refractivity contribution in [1.29, 1.82) is 0 Å². The zero-order valence-electron chi connectivity index (χ0n) is 64.0. The molecule has 10 nitrogen and oxygen atoms in total. The zero-order valence-corrected chi connectivity index (χ0v) is 64.0. The average Bonchev–Trinajstić information content (AvgIpc) is 2.00. The summed E-state index contributed by atoms with van der Waals surface area (Å²) in [5, 5.41) is 0. The van der Waals surface area contributed by atoms with E-state index in [1.54, 1.807) is 0 Å².